The summed E-state index contributed by atoms with van der Waals surface area (Å²) >= 11 is 0. The third-order valence-electron chi connectivity index (χ3n) is 3.74. The standard InChI is InChI=1S/C15H23N3O/c1-2-17-14(15(16)19)8-10-18-9-7-12-5-3-4-6-13(12)11-18/h3-6,14,17H,2,7-11H2,1H3,(H2,16,19). The fourth-order valence-corrected chi connectivity index (χ4v) is 2.65. The van der Waals surface area contributed by atoms with Crippen molar-refractivity contribution >= 4 is 5.91 Å². The molecule has 4 heteroatoms. The van der Waals surface area contributed by atoms with Gasteiger partial charge < -0.3 is 11.1 Å². The Morgan fingerprint density at radius 1 is 1.42 bits per heavy atom. The van der Waals surface area contributed by atoms with Crippen molar-refractivity contribution in [2.24, 2.45) is 5.73 Å². The molecule has 3 N–H and O–H groups in total. The van der Waals surface area contributed by atoms with E-state index in [1.807, 2.05) is 6.92 Å². The highest BCUT2D eigenvalue weighted by Crippen LogP contribution is 2.18. The molecule has 0 bridgehead atoms. The molecule has 0 spiro atoms. The number of primary amides is 1. The number of nitrogens with one attached hydrogen (secondary N) is 1. The quantitative estimate of drug-likeness (QED) is 0.800. The van der Waals surface area contributed by atoms with E-state index in [0.29, 0.717) is 0 Å². The van der Waals surface area contributed by atoms with Gasteiger partial charge in [-0.2, -0.15) is 0 Å². The lowest BCUT2D eigenvalue weighted by atomic mass is 9.99. The van der Waals surface area contributed by atoms with Crippen molar-refractivity contribution in [2.75, 3.05) is 19.6 Å². The number of likely N-dealkylation sites (N-methyl/N-ethyl adjacent to an activating group) is 1. The maximum absolute atomic E-state index is 11.3. The van der Waals surface area contributed by atoms with Crippen LogP contribution in [0.5, 0.6) is 0 Å². The van der Waals surface area contributed by atoms with Gasteiger partial charge in [0.15, 0.2) is 0 Å². The largest absolute Gasteiger partial charge is 0.368 e. The molecular weight excluding hydrogens is 238 g/mol. The molecule has 4 nitrogen and oxygen atoms in total. The molecule has 1 aromatic rings. The number of amides is 1. The van der Waals surface area contributed by atoms with Gasteiger partial charge in [-0.15, -0.1) is 0 Å². The van der Waals surface area contributed by atoms with Gasteiger partial charge in [0, 0.05) is 19.6 Å². The van der Waals surface area contributed by atoms with Gasteiger partial charge in [0.2, 0.25) is 5.91 Å². The molecule has 1 atom stereocenters. The zero-order valence-electron chi connectivity index (χ0n) is 11.6. The molecule has 1 heterocycles. The topological polar surface area (TPSA) is 58.4 Å². The van der Waals surface area contributed by atoms with Gasteiger partial charge in [-0.1, -0.05) is 31.2 Å². The lowest BCUT2D eigenvalue weighted by Gasteiger charge is -2.29. The minimum atomic E-state index is -0.251. The van der Waals surface area contributed by atoms with Crippen LogP contribution in [0.3, 0.4) is 0 Å². The second-order valence-electron chi connectivity index (χ2n) is 5.10. The summed E-state index contributed by atoms with van der Waals surface area (Å²) < 4.78 is 0. The zero-order chi connectivity index (χ0) is 13.7. The summed E-state index contributed by atoms with van der Waals surface area (Å²) in [6, 6.07) is 8.38. The third-order valence-corrected chi connectivity index (χ3v) is 3.74. The summed E-state index contributed by atoms with van der Waals surface area (Å²) in [6.45, 7) is 5.72. The molecule has 1 aromatic carbocycles. The number of hydrogen-bond donors (Lipinski definition) is 2. The van der Waals surface area contributed by atoms with Crippen LogP contribution in [0, 0.1) is 0 Å². The number of carbonyl (C=O) groups is 1. The highest BCUT2D eigenvalue weighted by molar-refractivity contribution is 5.79. The number of nitrogens with two attached hydrogens (primary N) is 1. The van der Waals surface area contributed by atoms with Crippen LogP contribution in [-0.2, 0) is 17.8 Å². The van der Waals surface area contributed by atoms with E-state index in [1.54, 1.807) is 0 Å². The number of nitrogens with zero attached hydrogens (tertiary/aromatic N) is 1. The maximum Gasteiger partial charge on any atom is 0.234 e. The van der Waals surface area contributed by atoms with Crippen LogP contribution >= 0.6 is 0 Å². The predicted molar refractivity (Wildman–Crippen MR) is 76.7 cm³/mol. The fraction of sp³-hybridized carbons (Fsp3) is 0.533. The average molecular weight is 261 g/mol. The molecule has 19 heavy (non-hydrogen) atoms. The van der Waals surface area contributed by atoms with Crippen LogP contribution in [0.4, 0.5) is 0 Å². The molecule has 0 radical (unpaired) electrons. The molecule has 0 aliphatic carbocycles. The van der Waals surface area contributed by atoms with Crippen molar-refractivity contribution in [3.05, 3.63) is 35.4 Å². The highest BCUT2D eigenvalue weighted by Gasteiger charge is 2.19. The van der Waals surface area contributed by atoms with E-state index in [4.69, 9.17) is 5.73 Å². The van der Waals surface area contributed by atoms with E-state index in [1.165, 1.54) is 11.1 Å². The van der Waals surface area contributed by atoms with Crippen molar-refractivity contribution in [1.82, 2.24) is 10.2 Å². The second-order valence-corrected chi connectivity index (χ2v) is 5.10. The Bertz CT molecular complexity index is 433. The molecule has 1 amide bonds. The summed E-state index contributed by atoms with van der Waals surface area (Å²) in [6.07, 6.45) is 1.88. The van der Waals surface area contributed by atoms with Crippen LogP contribution in [0.15, 0.2) is 24.3 Å². The first-order valence-corrected chi connectivity index (χ1v) is 7.02. The molecule has 1 aliphatic rings. The molecule has 1 unspecified atom stereocenters. The average Bonchev–Trinajstić information content (AvgIpc) is 2.43. The van der Waals surface area contributed by atoms with Crippen molar-refractivity contribution in [2.45, 2.75) is 32.4 Å². The first-order valence-electron chi connectivity index (χ1n) is 7.02. The maximum atomic E-state index is 11.3. The van der Waals surface area contributed by atoms with Crippen molar-refractivity contribution in [3.8, 4) is 0 Å². The predicted octanol–water partition coefficient (Wildman–Crippen LogP) is 0.898. The van der Waals surface area contributed by atoms with Gasteiger partial charge in [-0.3, -0.25) is 9.69 Å². The van der Waals surface area contributed by atoms with Crippen LogP contribution in [0.1, 0.15) is 24.5 Å². The van der Waals surface area contributed by atoms with E-state index < -0.39 is 0 Å². The summed E-state index contributed by atoms with van der Waals surface area (Å²) in [5.74, 6) is -0.251. The van der Waals surface area contributed by atoms with E-state index in [2.05, 4.69) is 34.5 Å². The Hall–Kier alpha value is -1.39. The molecule has 0 aromatic heterocycles. The molecule has 104 valence electrons. The summed E-state index contributed by atoms with van der Waals surface area (Å²) in [4.78, 5) is 13.7. The molecule has 0 saturated carbocycles. The van der Waals surface area contributed by atoms with E-state index in [9.17, 15) is 4.79 Å². The minimum absolute atomic E-state index is 0.206. The number of fused-ring (bicyclic) bond motifs is 1. The lowest BCUT2D eigenvalue weighted by molar-refractivity contribution is -0.120. The number of hydrogen-bond acceptors (Lipinski definition) is 3. The van der Waals surface area contributed by atoms with Gasteiger partial charge in [0.25, 0.3) is 0 Å². The van der Waals surface area contributed by atoms with E-state index >= 15 is 0 Å². The lowest BCUT2D eigenvalue weighted by Crippen LogP contribution is -2.44. The van der Waals surface area contributed by atoms with E-state index in [0.717, 1.165) is 39.0 Å². The van der Waals surface area contributed by atoms with Crippen molar-refractivity contribution in [1.29, 1.82) is 0 Å². The number of benzene rings is 1. The Labute approximate surface area is 115 Å². The molecule has 0 fully saturated rings. The van der Waals surface area contributed by atoms with Crippen LogP contribution < -0.4 is 11.1 Å². The smallest absolute Gasteiger partial charge is 0.234 e. The molecule has 0 saturated heterocycles. The normalized spacial score (nSPS) is 16.9. The van der Waals surface area contributed by atoms with Crippen molar-refractivity contribution < 1.29 is 4.79 Å². The Morgan fingerprint density at radius 3 is 2.84 bits per heavy atom. The van der Waals surface area contributed by atoms with E-state index in [-0.39, 0.29) is 11.9 Å². The minimum Gasteiger partial charge on any atom is -0.368 e. The Kier molecular flexibility index (Phi) is 4.93. The highest BCUT2D eigenvalue weighted by atomic mass is 16.1. The van der Waals surface area contributed by atoms with Crippen LogP contribution in [0.25, 0.3) is 0 Å². The van der Waals surface area contributed by atoms with Crippen molar-refractivity contribution in [3.63, 3.8) is 0 Å². The number of rotatable bonds is 6. The first-order chi connectivity index (χ1) is 9.20. The summed E-state index contributed by atoms with van der Waals surface area (Å²) in [5, 5.41) is 3.14. The van der Waals surface area contributed by atoms with Crippen LogP contribution in [0.2, 0.25) is 0 Å². The van der Waals surface area contributed by atoms with Gasteiger partial charge in [0.1, 0.15) is 0 Å². The molecular formula is C15H23N3O. The second kappa shape index (κ2) is 6.68. The van der Waals surface area contributed by atoms with Gasteiger partial charge in [0.05, 0.1) is 6.04 Å². The summed E-state index contributed by atoms with van der Waals surface area (Å²) in [5.41, 5.74) is 8.26. The molecule has 1 aliphatic heterocycles. The Morgan fingerprint density at radius 2 is 2.16 bits per heavy atom. The fourth-order valence-electron chi connectivity index (χ4n) is 2.65. The number of carbonyl (C=O) groups excluding carboxylic acids is 1. The monoisotopic (exact) mass is 261 g/mol. The Balaban J connectivity index is 1.86. The molecule has 2 rings (SSSR count). The first kappa shape index (κ1) is 14.0. The van der Waals surface area contributed by atoms with Gasteiger partial charge >= 0.3 is 0 Å². The van der Waals surface area contributed by atoms with Crippen LogP contribution in [-0.4, -0.2) is 36.5 Å². The SMILES string of the molecule is CCNC(CCN1CCc2ccccc2C1)C(N)=O. The van der Waals surface area contributed by atoms with Gasteiger partial charge in [-0.05, 0) is 30.5 Å². The van der Waals surface area contributed by atoms with Gasteiger partial charge in [-0.25, -0.2) is 0 Å². The summed E-state index contributed by atoms with van der Waals surface area (Å²) in [7, 11) is 0. The zero-order valence-corrected chi connectivity index (χ0v) is 11.6. The third kappa shape index (κ3) is 3.78.